The summed E-state index contributed by atoms with van der Waals surface area (Å²) < 4.78 is 28.1. The number of hydrogen-bond acceptors (Lipinski definition) is 8. The van der Waals surface area contributed by atoms with Crippen molar-refractivity contribution in [1.82, 2.24) is 19.7 Å². The van der Waals surface area contributed by atoms with Gasteiger partial charge in [-0.15, -0.1) is 0 Å². The van der Waals surface area contributed by atoms with E-state index in [1.54, 1.807) is 41.1 Å². The van der Waals surface area contributed by atoms with Crippen LogP contribution >= 0.6 is 0 Å². The number of sulfone groups is 1. The van der Waals surface area contributed by atoms with Crippen LogP contribution in [0.5, 0.6) is 0 Å². The number of fused-ring (bicyclic) bond motifs is 1. The van der Waals surface area contributed by atoms with E-state index in [1.807, 2.05) is 7.05 Å². The number of aromatic amines is 1. The van der Waals surface area contributed by atoms with Crippen LogP contribution in [-0.4, -0.2) is 84.2 Å². The SMILES string of the molecule is CN1CCN(c2cc(C(N)=O)c(C(=O)Nc3n[nH]c4ccc(S(=O)(=O)c5ccccc5)cc34)cc2-n2ccc(C(=O)O)c2)CC1. The lowest BCUT2D eigenvalue weighted by molar-refractivity contribution is 0.0696. The van der Waals surface area contributed by atoms with Gasteiger partial charge in [-0.1, -0.05) is 18.2 Å². The summed E-state index contributed by atoms with van der Waals surface area (Å²) >= 11 is 0. The molecule has 0 spiro atoms. The second-order valence-electron chi connectivity index (χ2n) is 10.7. The molecule has 1 aliphatic heterocycles. The maximum atomic E-state index is 13.8. The molecule has 1 fully saturated rings. The third-order valence-corrected chi connectivity index (χ3v) is 9.58. The van der Waals surface area contributed by atoms with E-state index < -0.39 is 27.6 Å². The van der Waals surface area contributed by atoms with E-state index in [0.717, 1.165) is 13.1 Å². The number of primary amides is 1. The van der Waals surface area contributed by atoms with Crippen LogP contribution in [0.15, 0.2) is 88.9 Å². The van der Waals surface area contributed by atoms with E-state index >= 15 is 0 Å². The van der Waals surface area contributed by atoms with Crippen molar-refractivity contribution in [2.45, 2.75) is 9.79 Å². The quantitative estimate of drug-likeness (QED) is 0.201. The molecule has 5 N–H and O–H groups in total. The largest absolute Gasteiger partial charge is 0.478 e. The first kappa shape index (κ1) is 29.6. The summed E-state index contributed by atoms with van der Waals surface area (Å²) in [5, 5.41) is 19.5. The molecule has 6 rings (SSSR count). The summed E-state index contributed by atoms with van der Waals surface area (Å²) in [7, 11) is -1.85. The number of carboxylic acid groups (broad SMARTS) is 1. The number of nitrogens with two attached hydrogens (primary N) is 1. The Hall–Kier alpha value is -5.47. The fourth-order valence-corrected chi connectivity index (χ4v) is 6.62. The summed E-state index contributed by atoms with van der Waals surface area (Å²) in [6.45, 7) is 2.78. The highest BCUT2D eigenvalue weighted by Gasteiger charge is 2.26. The fraction of sp³-hybridized carbons (Fsp3) is 0.161. The summed E-state index contributed by atoms with van der Waals surface area (Å²) in [6.07, 6.45) is 3.00. The predicted molar refractivity (Wildman–Crippen MR) is 167 cm³/mol. The molecule has 3 aromatic carbocycles. The first-order valence-electron chi connectivity index (χ1n) is 14.0. The molecule has 1 aliphatic rings. The first-order valence-corrected chi connectivity index (χ1v) is 15.4. The molecule has 2 aromatic heterocycles. The number of H-pyrrole nitrogens is 1. The number of likely N-dealkylation sites (N-methyl/N-ethyl adjacent to an activating group) is 1. The van der Waals surface area contributed by atoms with Gasteiger partial charge < -0.3 is 30.5 Å². The highest BCUT2D eigenvalue weighted by atomic mass is 32.2. The maximum Gasteiger partial charge on any atom is 0.337 e. The number of carbonyl (C=O) groups is 3. The summed E-state index contributed by atoms with van der Waals surface area (Å²) in [4.78, 5) is 42.5. The number of anilines is 2. The number of hydrogen-bond donors (Lipinski definition) is 4. The maximum absolute atomic E-state index is 13.8. The molecule has 0 bridgehead atoms. The Kier molecular flexibility index (Phi) is 7.60. The molecule has 0 unspecified atom stereocenters. The third kappa shape index (κ3) is 5.63. The number of carboxylic acids is 1. The number of nitrogens with one attached hydrogen (secondary N) is 2. The fourth-order valence-electron chi connectivity index (χ4n) is 5.32. The van der Waals surface area contributed by atoms with Crippen LogP contribution in [0.3, 0.4) is 0 Å². The molecular formula is C31H29N7O6S. The Morgan fingerprint density at radius 3 is 2.29 bits per heavy atom. The van der Waals surface area contributed by atoms with Crippen molar-refractivity contribution in [1.29, 1.82) is 0 Å². The lowest BCUT2D eigenvalue weighted by atomic mass is 10.0. The van der Waals surface area contributed by atoms with E-state index in [4.69, 9.17) is 5.73 Å². The van der Waals surface area contributed by atoms with Crippen molar-refractivity contribution < 1.29 is 27.9 Å². The molecular weight excluding hydrogens is 598 g/mol. The van der Waals surface area contributed by atoms with Crippen LogP contribution in [0.4, 0.5) is 11.5 Å². The van der Waals surface area contributed by atoms with Gasteiger partial charge in [0.2, 0.25) is 15.7 Å². The zero-order valence-corrected chi connectivity index (χ0v) is 24.9. The first-order chi connectivity index (χ1) is 21.5. The zero-order chi connectivity index (χ0) is 31.9. The van der Waals surface area contributed by atoms with Crippen LogP contribution in [-0.2, 0) is 9.84 Å². The van der Waals surface area contributed by atoms with Crippen molar-refractivity contribution >= 4 is 50.0 Å². The Morgan fingerprint density at radius 1 is 0.911 bits per heavy atom. The number of aromatic nitrogens is 3. The number of piperazine rings is 1. The smallest absolute Gasteiger partial charge is 0.337 e. The summed E-state index contributed by atoms with van der Waals surface area (Å²) in [5.74, 6) is -2.61. The minimum Gasteiger partial charge on any atom is -0.478 e. The topological polar surface area (TPSA) is 184 Å². The molecule has 0 saturated carbocycles. The Balaban J connectivity index is 1.41. The second kappa shape index (κ2) is 11.6. The van der Waals surface area contributed by atoms with Crippen LogP contribution in [0.1, 0.15) is 31.1 Å². The molecule has 5 aromatic rings. The molecule has 13 nitrogen and oxygen atoms in total. The normalized spacial score (nSPS) is 14.0. The van der Waals surface area contributed by atoms with Gasteiger partial charge in [-0.05, 0) is 55.6 Å². The Labute approximate surface area is 257 Å². The van der Waals surface area contributed by atoms with Crippen LogP contribution in [0.2, 0.25) is 0 Å². The van der Waals surface area contributed by atoms with Gasteiger partial charge in [0.25, 0.3) is 5.91 Å². The van der Waals surface area contributed by atoms with Crippen LogP contribution in [0, 0.1) is 0 Å². The van der Waals surface area contributed by atoms with Crippen molar-refractivity contribution in [3.8, 4) is 5.69 Å². The Morgan fingerprint density at radius 2 is 1.62 bits per heavy atom. The van der Waals surface area contributed by atoms with E-state index in [-0.39, 0.29) is 32.3 Å². The molecule has 0 radical (unpaired) electrons. The van der Waals surface area contributed by atoms with Gasteiger partial charge in [0.15, 0.2) is 5.82 Å². The van der Waals surface area contributed by atoms with Crippen molar-refractivity contribution in [3.05, 3.63) is 95.8 Å². The number of aromatic carboxylic acids is 1. The highest BCUT2D eigenvalue weighted by Crippen LogP contribution is 2.32. The van der Waals surface area contributed by atoms with Crippen molar-refractivity contribution in [2.75, 3.05) is 43.4 Å². The average molecular weight is 628 g/mol. The lowest BCUT2D eigenvalue weighted by Crippen LogP contribution is -2.45. The van der Waals surface area contributed by atoms with Gasteiger partial charge in [-0.3, -0.25) is 14.7 Å². The average Bonchev–Trinajstić information content (AvgIpc) is 3.69. The van der Waals surface area contributed by atoms with E-state index in [1.165, 1.54) is 42.6 Å². The Bertz CT molecular complexity index is 2060. The predicted octanol–water partition coefficient (Wildman–Crippen LogP) is 2.99. The monoisotopic (exact) mass is 627 g/mol. The van der Waals surface area contributed by atoms with E-state index in [0.29, 0.717) is 35.4 Å². The van der Waals surface area contributed by atoms with Gasteiger partial charge in [-0.2, -0.15) is 5.10 Å². The van der Waals surface area contributed by atoms with Crippen molar-refractivity contribution in [3.63, 3.8) is 0 Å². The van der Waals surface area contributed by atoms with Gasteiger partial charge in [0.1, 0.15) is 0 Å². The summed E-state index contributed by atoms with van der Waals surface area (Å²) in [6, 6.07) is 16.9. The number of amides is 2. The van der Waals surface area contributed by atoms with Crippen LogP contribution in [0.25, 0.3) is 16.6 Å². The highest BCUT2D eigenvalue weighted by molar-refractivity contribution is 7.91. The van der Waals surface area contributed by atoms with E-state index in [2.05, 4.69) is 25.3 Å². The van der Waals surface area contributed by atoms with Crippen molar-refractivity contribution in [2.24, 2.45) is 5.73 Å². The molecule has 2 amide bonds. The van der Waals surface area contributed by atoms with Gasteiger partial charge in [0, 0.05) is 44.0 Å². The van der Waals surface area contributed by atoms with Crippen LogP contribution < -0.4 is 16.0 Å². The number of nitrogens with zero attached hydrogens (tertiary/aromatic N) is 4. The molecule has 3 heterocycles. The van der Waals surface area contributed by atoms with Gasteiger partial charge >= 0.3 is 5.97 Å². The zero-order valence-electron chi connectivity index (χ0n) is 24.1. The second-order valence-corrected chi connectivity index (χ2v) is 12.7. The molecule has 230 valence electrons. The molecule has 0 atom stereocenters. The molecule has 0 aliphatic carbocycles. The molecule has 14 heteroatoms. The number of benzene rings is 3. The molecule has 1 saturated heterocycles. The summed E-state index contributed by atoms with van der Waals surface area (Å²) in [5.41, 5.74) is 7.29. The minimum absolute atomic E-state index is 0.0107. The van der Waals surface area contributed by atoms with Gasteiger partial charge in [-0.25, -0.2) is 13.2 Å². The number of rotatable bonds is 8. The van der Waals surface area contributed by atoms with E-state index in [9.17, 15) is 27.9 Å². The number of carbonyl (C=O) groups excluding carboxylic acids is 2. The molecule has 45 heavy (non-hydrogen) atoms. The lowest BCUT2D eigenvalue weighted by Gasteiger charge is -2.35. The van der Waals surface area contributed by atoms with Gasteiger partial charge in [0.05, 0.1) is 43.4 Å². The standard InChI is InChI=1S/C31H29N7O6S/c1-36-11-13-37(14-12-36)26-16-22(28(32)39)23(17-27(26)38-10-9-19(18-38)31(41)42)30(40)33-29-24-15-21(7-8-25(24)34-35-29)45(43,44)20-5-3-2-4-6-20/h2-10,15-18H,11-14H2,1H3,(H2,32,39)(H,41,42)(H2,33,34,35,40). The third-order valence-electron chi connectivity index (χ3n) is 7.82. The minimum atomic E-state index is -3.85.